The first kappa shape index (κ1) is 11.5. The largest absolute Gasteiger partial charge is 0.325 e. The quantitative estimate of drug-likeness (QED) is 0.846. The van der Waals surface area contributed by atoms with E-state index in [0.29, 0.717) is 12.5 Å². The Hall–Kier alpha value is -1.94. The molecule has 0 fully saturated rings. The van der Waals surface area contributed by atoms with E-state index in [0.717, 1.165) is 11.4 Å². The van der Waals surface area contributed by atoms with Gasteiger partial charge < -0.3 is 11.1 Å². The molecular formula is C13H16N4. The van der Waals surface area contributed by atoms with Gasteiger partial charge in [-0.05, 0) is 37.1 Å². The van der Waals surface area contributed by atoms with Gasteiger partial charge in [-0.15, -0.1) is 0 Å². The molecule has 2 aromatic rings. The number of nitrogens with one attached hydrogen (secondary N) is 1. The number of rotatable bonds is 3. The zero-order valence-electron chi connectivity index (χ0n) is 10.1. The third-order valence-corrected chi connectivity index (χ3v) is 2.77. The molecule has 0 aliphatic carbocycles. The maximum atomic E-state index is 5.55. The second-order valence-corrected chi connectivity index (χ2v) is 3.95. The van der Waals surface area contributed by atoms with Crippen molar-refractivity contribution in [1.82, 2.24) is 9.97 Å². The smallest absolute Gasteiger partial charge is 0.227 e. The summed E-state index contributed by atoms with van der Waals surface area (Å²) >= 11 is 0. The van der Waals surface area contributed by atoms with Crippen molar-refractivity contribution in [3.8, 4) is 0 Å². The molecular weight excluding hydrogens is 212 g/mol. The number of hydrogen-bond donors (Lipinski definition) is 2. The van der Waals surface area contributed by atoms with Crippen molar-refractivity contribution in [3.63, 3.8) is 0 Å². The summed E-state index contributed by atoms with van der Waals surface area (Å²) in [5.41, 5.74) is 9.85. The van der Waals surface area contributed by atoms with E-state index < -0.39 is 0 Å². The normalized spacial score (nSPS) is 10.3. The third kappa shape index (κ3) is 2.60. The summed E-state index contributed by atoms with van der Waals surface area (Å²) in [7, 11) is 0. The van der Waals surface area contributed by atoms with Gasteiger partial charge in [-0.2, -0.15) is 0 Å². The number of aromatic nitrogens is 2. The third-order valence-electron chi connectivity index (χ3n) is 2.77. The molecule has 0 unspecified atom stereocenters. The van der Waals surface area contributed by atoms with Crippen LogP contribution in [0.1, 0.15) is 16.8 Å². The zero-order valence-corrected chi connectivity index (χ0v) is 10.1. The molecule has 0 bridgehead atoms. The zero-order chi connectivity index (χ0) is 12.3. The summed E-state index contributed by atoms with van der Waals surface area (Å²) in [4.78, 5) is 8.49. The maximum Gasteiger partial charge on any atom is 0.227 e. The van der Waals surface area contributed by atoms with Crippen LogP contribution in [0.2, 0.25) is 0 Å². The van der Waals surface area contributed by atoms with E-state index in [1.54, 1.807) is 6.20 Å². The van der Waals surface area contributed by atoms with Crippen molar-refractivity contribution in [2.24, 2.45) is 5.73 Å². The molecule has 0 saturated heterocycles. The molecule has 4 heteroatoms. The summed E-state index contributed by atoms with van der Waals surface area (Å²) < 4.78 is 0. The number of anilines is 2. The minimum Gasteiger partial charge on any atom is -0.325 e. The average Bonchev–Trinajstić information content (AvgIpc) is 2.35. The molecule has 2 rings (SSSR count). The molecule has 0 saturated carbocycles. The van der Waals surface area contributed by atoms with E-state index in [-0.39, 0.29) is 0 Å². The number of nitrogens with two attached hydrogens (primary N) is 1. The van der Waals surface area contributed by atoms with E-state index in [1.165, 1.54) is 11.1 Å². The van der Waals surface area contributed by atoms with Crippen molar-refractivity contribution in [3.05, 3.63) is 47.3 Å². The average molecular weight is 228 g/mol. The van der Waals surface area contributed by atoms with Crippen molar-refractivity contribution in [2.75, 3.05) is 5.32 Å². The molecule has 0 aliphatic rings. The first-order valence-electron chi connectivity index (χ1n) is 5.56. The maximum absolute atomic E-state index is 5.55. The molecule has 0 amide bonds. The summed E-state index contributed by atoms with van der Waals surface area (Å²) in [6, 6.07) is 7.92. The Morgan fingerprint density at radius 1 is 1.24 bits per heavy atom. The summed E-state index contributed by atoms with van der Waals surface area (Å²) in [5.74, 6) is 0.585. The fourth-order valence-corrected chi connectivity index (χ4v) is 1.58. The lowest BCUT2D eigenvalue weighted by atomic mass is 10.1. The molecule has 1 aromatic heterocycles. The Kier molecular flexibility index (Phi) is 3.35. The highest BCUT2D eigenvalue weighted by Crippen LogP contribution is 2.20. The van der Waals surface area contributed by atoms with E-state index >= 15 is 0 Å². The first-order chi connectivity index (χ1) is 8.20. The van der Waals surface area contributed by atoms with Crippen LogP contribution in [-0.4, -0.2) is 9.97 Å². The number of benzene rings is 1. The SMILES string of the molecule is Cc1cccc(Nc2nccc(CN)n2)c1C. The van der Waals surface area contributed by atoms with Gasteiger partial charge in [-0.25, -0.2) is 9.97 Å². The van der Waals surface area contributed by atoms with Crippen LogP contribution < -0.4 is 11.1 Å². The van der Waals surface area contributed by atoms with Gasteiger partial charge >= 0.3 is 0 Å². The predicted octanol–water partition coefficient (Wildman–Crippen LogP) is 2.30. The monoisotopic (exact) mass is 228 g/mol. The van der Waals surface area contributed by atoms with Gasteiger partial charge in [-0.1, -0.05) is 12.1 Å². The van der Waals surface area contributed by atoms with Crippen molar-refractivity contribution in [2.45, 2.75) is 20.4 Å². The second kappa shape index (κ2) is 4.93. The van der Waals surface area contributed by atoms with E-state index in [1.807, 2.05) is 18.2 Å². The molecule has 0 aliphatic heterocycles. The number of nitrogens with zero attached hydrogens (tertiary/aromatic N) is 2. The van der Waals surface area contributed by atoms with Crippen LogP contribution >= 0.6 is 0 Å². The molecule has 17 heavy (non-hydrogen) atoms. The Balaban J connectivity index is 2.28. The van der Waals surface area contributed by atoms with Crippen LogP contribution in [0.25, 0.3) is 0 Å². The summed E-state index contributed by atoms with van der Waals surface area (Å²) in [6.45, 7) is 4.58. The van der Waals surface area contributed by atoms with Gasteiger partial charge in [0.25, 0.3) is 0 Å². The van der Waals surface area contributed by atoms with Gasteiger partial charge in [-0.3, -0.25) is 0 Å². The number of aryl methyl sites for hydroxylation is 1. The van der Waals surface area contributed by atoms with E-state index in [9.17, 15) is 0 Å². The van der Waals surface area contributed by atoms with Crippen LogP contribution in [-0.2, 0) is 6.54 Å². The predicted molar refractivity (Wildman–Crippen MR) is 69.1 cm³/mol. The standard InChI is InChI=1S/C13H16N4/c1-9-4-3-5-12(10(9)2)17-13-15-7-6-11(8-14)16-13/h3-7H,8,14H2,1-2H3,(H,15,16,17). The molecule has 1 heterocycles. The Morgan fingerprint density at radius 3 is 2.82 bits per heavy atom. The first-order valence-corrected chi connectivity index (χ1v) is 5.56. The van der Waals surface area contributed by atoms with Crippen molar-refractivity contribution in [1.29, 1.82) is 0 Å². The molecule has 0 radical (unpaired) electrons. The lowest BCUT2D eigenvalue weighted by Gasteiger charge is -2.10. The number of hydrogen-bond acceptors (Lipinski definition) is 4. The van der Waals surface area contributed by atoms with Crippen LogP contribution in [0.5, 0.6) is 0 Å². The van der Waals surface area contributed by atoms with Crippen molar-refractivity contribution < 1.29 is 0 Å². The molecule has 88 valence electrons. The lowest BCUT2D eigenvalue weighted by Crippen LogP contribution is -2.04. The van der Waals surface area contributed by atoms with Gasteiger partial charge in [0.15, 0.2) is 0 Å². The molecule has 0 spiro atoms. The highest BCUT2D eigenvalue weighted by atomic mass is 15.1. The highest BCUT2D eigenvalue weighted by Gasteiger charge is 2.03. The summed E-state index contributed by atoms with van der Waals surface area (Å²) in [6.07, 6.45) is 1.71. The van der Waals surface area contributed by atoms with Gasteiger partial charge in [0.1, 0.15) is 0 Å². The fraction of sp³-hybridized carbons (Fsp3) is 0.231. The Bertz CT molecular complexity index is 523. The lowest BCUT2D eigenvalue weighted by molar-refractivity contribution is 0.968. The fourth-order valence-electron chi connectivity index (χ4n) is 1.58. The van der Waals surface area contributed by atoms with Crippen molar-refractivity contribution >= 4 is 11.6 Å². The van der Waals surface area contributed by atoms with Crippen LogP contribution in [0, 0.1) is 13.8 Å². The van der Waals surface area contributed by atoms with Crippen LogP contribution in [0.4, 0.5) is 11.6 Å². The molecule has 4 nitrogen and oxygen atoms in total. The van der Waals surface area contributed by atoms with Gasteiger partial charge in [0, 0.05) is 18.4 Å². The topological polar surface area (TPSA) is 63.8 Å². The van der Waals surface area contributed by atoms with E-state index in [2.05, 4.69) is 35.2 Å². The van der Waals surface area contributed by atoms with Crippen LogP contribution in [0.15, 0.2) is 30.5 Å². The Morgan fingerprint density at radius 2 is 2.06 bits per heavy atom. The molecule has 0 atom stereocenters. The summed E-state index contributed by atoms with van der Waals surface area (Å²) in [5, 5.41) is 3.21. The van der Waals surface area contributed by atoms with E-state index in [4.69, 9.17) is 5.73 Å². The highest BCUT2D eigenvalue weighted by molar-refractivity contribution is 5.59. The minimum atomic E-state index is 0.421. The van der Waals surface area contributed by atoms with Crippen LogP contribution in [0.3, 0.4) is 0 Å². The van der Waals surface area contributed by atoms with Gasteiger partial charge in [0.05, 0.1) is 5.69 Å². The Labute approximate surface area is 101 Å². The molecule has 1 aromatic carbocycles. The minimum absolute atomic E-state index is 0.421. The molecule has 3 N–H and O–H groups in total. The van der Waals surface area contributed by atoms with Gasteiger partial charge in [0.2, 0.25) is 5.95 Å². The second-order valence-electron chi connectivity index (χ2n) is 3.95.